The van der Waals surface area contributed by atoms with E-state index >= 15 is 0 Å². The summed E-state index contributed by atoms with van der Waals surface area (Å²) in [6, 6.07) is 21.8. The van der Waals surface area contributed by atoms with Gasteiger partial charge in [0.15, 0.2) is 0 Å². The molecule has 0 N–H and O–H groups in total. The fourth-order valence-electron chi connectivity index (χ4n) is 5.00. The van der Waals surface area contributed by atoms with Crippen molar-refractivity contribution in [2.24, 2.45) is 11.0 Å². The maximum absolute atomic E-state index is 14.1. The number of urea groups is 1. The van der Waals surface area contributed by atoms with E-state index in [1.807, 2.05) is 43.3 Å². The number of nitro groups is 1. The molecule has 1 aliphatic heterocycles. The summed E-state index contributed by atoms with van der Waals surface area (Å²) in [4.78, 5) is 26.5. The van der Waals surface area contributed by atoms with E-state index in [-0.39, 0.29) is 17.6 Å². The molecule has 178 valence electrons. The summed E-state index contributed by atoms with van der Waals surface area (Å²) >= 11 is 0. The first-order chi connectivity index (χ1) is 17.0. The number of carbonyl (C=O) groups is 1. The molecule has 0 spiro atoms. The van der Waals surface area contributed by atoms with Gasteiger partial charge in [0, 0.05) is 23.6 Å². The Hall–Kier alpha value is -4.00. The maximum atomic E-state index is 14.1. The van der Waals surface area contributed by atoms with Crippen LogP contribution in [0, 0.1) is 23.0 Å². The monoisotopic (exact) mass is 468 g/mol. The van der Waals surface area contributed by atoms with Crippen LogP contribution in [0.4, 0.5) is 21.9 Å². The van der Waals surface area contributed by atoms with Crippen LogP contribution in [-0.4, -0.2) is 21.7 Å². The Morgan fingerprint density at radius 2 is 1.69 bits per heavy atom. The molecule has 0 aromatic heterocycles. The summed E-state index contributed by atoms with van der Waals surface area (Å²) < 4.78 is 0. The predicted octanol–water partition coefficient (Wildman–Crippen LogP) is 6.96. The second-order valence-electron chi connectivity index (χ2n) is 9.28. The molecule has 1 aliphatic carbocycles. The number of anilines is 2. The topological polar surface area (TPSA) is 79.0 Å². The minimum absolute atomic E-state index is 0.0132. The zero-order valence-electron chi connectivity index (χ0n) is 19.8. The molecular formula is C28H28N4O3. The van der Waals surface area contributed by atoms with Crippen molar-refractivity contribution in [3.63, 3.8) is 0 Å². The minimum atomic E-state index is -0.432. The summed E-state index contributed by atoms with van der Waals surface area (Å²) in [5, 5.41) is 17.8. The molecule has 3 aromatic rings. The van der Waals surface area contributed by atoms with Gasteiger partial charge in [0.05, 0.1) is 28.6 Å². The third-order valence-electron chi connectivity index (χ3n) is 6.80. The van der Waals surface area contributed by atoms with E-state index in [1.54, 1.807) is 22.0 Å². The van der Waals surface area contributed by atoms with Gasteiger partial charge in [0.1, 0.15) is 0 Å². The van der Waals surface area contributed by atoms with Gasteiger partial charge in [-0.1, -0.05) is 61.7 Å². The van der Waals surface area contributed by atoms with Crippen molar-refractivity contribution in [1.29, 1.82) is 0 Å². The third kappa shape index (κ3) is 4.67. The van der Waals surface area contributed by atoms with Crippen molar-refractivity contribution in [3.05, 3.63) is 99.6 Å². The number of rotatable bonds is 5. The van der Waals surface area contributed by atoms with E-state index < -0.39 is 4.92 Å². The molecule has 0 atom stereocenters. The number of hydrazone groups is 1. The summed E-state index contributed by atoms with van der Waals surface area (Å²) in [5.41, 5.74) is 5.25. The van der Waals surface area contributed by atoms with Gasteiger partial charge in [-0.25, -0.2) is 9.80 Å². The second kappa shape index (κ2) is 9.70. The molecule has 35 heavy (non-hydrogen) atoms. The number of fused-ring (bicyclic) bond motifs is 1. The van der Waals surface area contributed by atoms with E-state index in [1.165, 1.54) is 18.6 Å². The number of hydrogen-bond acceptors (Lipinski definition) is 4. The lowest BCUT2D eigenvalue weighted by atomic mass is 9.82. The van der Waals surface area contributed by atoms with Crippen LogP contribution in [0.2, 0.25) is 0 Å². The Bertz CT molecular complexity index is 1270. The molecular weight excluding hydrogens is 440 g/mol. The molecule has 7 nitrogen and oxygen atoms in total. The summed E-state index contributed by atoms with van der Waals surface area (Å²) in [6.07, 6.45) is 5.65. The van der Waals surface area contributed by atoms with Gasteiger partial charge in [-0.2, -0.15) is 5.10 Å². The highest BCUT2D eigenvalue weighted by atomic mass is 16.6. The zero-order valence-corrected chi connectivity index (χ0v) is 19.8. The number of non-ortho nitro benzene ring substituents is 1. The molecule has 5 rings (SSSR count). The van der Waals surface area contributed by atoms with Crippen molar-refractivity contribution in [2.45, 2.75) is 45.6 Å². The number of aryl methyl sites for hydroxylation is 1. The standard InChI is InChI=1S/C28H28N4O3/c1-20-12-17-25-26(18-20)31(23-13-15-24(16-14-23)32(34)35)28(33)30(19-21-8-4-2-5-9-21)29-27(25)22-10-6-3-7-11-22/h2,4-5,8-9,12-18,22H,3,6-7,10-11,19H2,1H3. The molecule has 1 fully saturated rings. The first-order valence-electron chi connectivity index (χ1n) is 12.1. The number of nitrogens with zero attached hydrogens (tertiary/aromatic N) is 4. The molecule has 0 bridgehead atoms. The van der Waals surface area contributed by atoms with Gasteiger partial charge in [-0.05, 0) is 49.1 Å². The normalized spacial score (nSPS) is 16.5. The van der Waals surface area contributed by atoms with Crippen LogP contribution in [-0.2, 0) is 6.54 Å². The van der Waals surface area contributed by atoms with Crippen LogP contribution >= 0.6 is 0 Å². The highest BCUT2D eigenvalue weighted by Crippen LogP contribution is 2.38. The minimum Gasteiger partial charge on any atom is -0.261 e. The summed E-state index contributed by atoms with van der Waals surface area (Å²) in [7, 11) is 0. The van der Waals surface area contributed by atoms with E-state index in [9.17, 15) is 14.9 Å². The van der Waals surface area contributed by atoms with Crippen molar-refractivity contribution < 1.29 is 9.72 Å². The summed E-state index contributed by atoms with van der Waals surface area (Å²) in [5.74, 6) is 0.285. The Kier molecular flexibility index (Phi) is 6.31. The van der Waals surface area contributed by atoms with Crippen LogP contribution in [0.3, 0.4) is 0 Å². The van der Waals surface area contributed by atoms with Crippen LogP contribution in [0.25, 0.3) is 0 Å². The lowest BCUT2D eigenvalue weighted by molar-refractivity contribution is -0.384. The fraction of sp³-hybridized carbons (Fsp3) is 0.286. The number of nitro benzene ring substituents is 1. The molecule has 1 saturated carbocycles. The average molecular weight is 469 g/mol. The lowest BCUT2D eigenvalue weighted by Gasteiger charge is -2.27. The van der Waals surface area contributed by atoms with E-state index in [0.717, 1.165) is 53.8 Å². The highest BCUT2D eigenvalue weighted by Gasteiger charge is 2.34. The fourth-order valence-corrected chi connectivity index (χ4v) is 5.00. The Balaban J connectivity index is 1.66. The number of benzene rings is 3. The van der Waals surface area contributed by atoms with E-state index in [0.29, 0.717) is 12.2 Å². The molecule has 0 radical (unpaired) electrons. The Morgan fingerprint density at radius 3 is 2.37 bits per heavy atom. The zero-order chi connectivity index (χ0) is 24.4. The van der Waals surface area contributed by atoms with Crippen LogP contribution < -0.4 is 4.90 Å². The first-order valence-corrected chi connectivity index (χ1v) is 12.1. The Labute approximate surface area is 204 Å². The van der Waals surface area contributed by atoms with Gasteiger partial charge in [-0.15, -0.1) is 0 Å². The van der Waals surface area contributed by atoms with Gasteiger partial charge in [-0.3, -0.25) is 15.0 Å². The molecule has 7 heteroatoms. The Morgan fingerprint density at radius 1 is 0.971 bits per heavy atom. The van der Waals surface area contributed by atoms with E-state index in [2.05, 4.69) is 12.1 Å². The number of hydrogen-bond donors (Lipinski definition) is 0. The SMILES string of the molecule is Cc1ccc2c(c1)N(c1ccc([N+](=O)[O-])cc1)C(=O)N(Cc1ccccc1)N=C2C1CCCCC1. The molecule has 1 heterocycles. The van der Waals surface area contributed by atoms with Crippen molar-refractivity contribution >= 4 is 28.8 Å². The van der Waals surface area contributed by atoms with Crippen molar-refractivity contribution in [1.82, 2.24) is 5.01 Å². The summed E-state index contributed by atoms with van der Waals surface area (Å²) in [6.45, 7) is 2.34. The number of amides is 2. The van der Waals surface area contributed by atoms with Gasteiger partial charge < -0.3 is 0 Å². The van der Waals surface area contributed by atoms with Gasteiger partial charge >= 0.3 is 6.03 Å². The molecule has 2 amide bonds. The van der Waals surface area contributed by atoms with Crippen molar-refractivity contribution in [2.75, 3.05) is 4.90 Å². The maximum Gasteiger partial charge on any atom is 0.349 e. The molecule has 0 unspecified atom stereocenters. The predicted molar refractivity (Wildman–Crippen MR) is 137 cm³/mol. The highest BCUT2D eigenvalue weighted by molar-refractivity contribution is 6.13. The lowest BCUT2D eigenvalue weighted by Crippen LogP contribution is -2.36. The second-order valence-corrected chi connectivity index (χ2v) is 9.28. The molecule has 3 aromatic carbocycles. The van der Waals surface area contributed by atoms with E-state index in [4.69, 9.17) is 5.10 Å². The first kappa shape index (κ1) is 22.8. The smallest absolute Gasteiger partial charge is 0.261 e. The van der Waals surface area contributed by atoms with Crippen LogP contribution in [0.5, 0.6) is 0 Å². The van der Waals surface area contributed by atoms with Gasteiger partial charge in [0.25, 0.3) is 5.69 Å². The van der Waals surface area contributed by atoms with Crippen LogP contribution in [0.1, 0.15) is 48.8 Å². The van der Waals surface area contributed by atoms with Crippen molar-refractivity contribution in [3.8, 4) is 0 Å². The largest absolute Gasteiger partial charge is 0.349 e. The van der Waals surface area contributed by atoms with Gasteiger partial charge in [0.2, 0.25) is 0 Å². The number of carbonyl (C=O) groups excluding carboxylic acids is 1. The third-order valence-corrected chi connectivity index (χ3v) is 6.80. The quantitative estimate of drug-likeness (QED) is 0.300. The molecule has 0 saturated heterocycles. The molecule has 2 aliphatic rings. The van der Waals surface area contributed by atoms with Crippen LogP contribution in [0.15, 0.2) is 77.9 Å². The average Bonchev–Trinajstić information content (AvgIpc) is 2.99.